The van der Waals surface area contributed by atoms with Crippen LogP contribution < -0.4 is 0 Å². The van der Waals surface area contributed by atoms with Crippen LogP contribution in [0.4, 0.5) is 0 Å². The van der Waals surface area contributed by atoms with Crippen molar-refractivity contribution in [2.45, 2.75) is 91.1 Å². The molecule has 4 N–H and O–H groups in total. The number of hydrogen-bond donors (Lipinski definition) is 4. The maximum absolute atomic E-state index is 11.9. The second-order valence-corrected chi connectivity index (χ2v) is 16.5. The highest BCUT2D eigenvalue weighted by Gasteiger charge is 2.25. The van der Waals surface area contributed by atoms with E-state index in [9.17, 15) is 20.4 Å². The van der Waals surface area contributed by atoms with Crippen molar-refractivity contribution in [2.24, 2.45) is 0 Å². The smallest absolute Gasteiger partial charge is 0.122 e. The minimum Gasteiger partial charge on any atom is -0.507 e. The molecule has 1 aliphatic rings. The van der Waals surface area contributed by atoms with Gasteiger partial charge in [-0.25, -0.2) is 0 Å². The highest BCUT2D eigenvalue weighted by molar-refractivity contribution is 5.58. The number of phenols is 4. The summed E-state index contributed by atoms with van der Waals surface area (Å²) in [6.45, 7) is 14.3. The molecular formula is C42H54N2O4. The first-order valence-electron chi connectivity index (χ1n) is 17.0. The summed E-state index contributed by atoms with van der Waals surface area (Å²) in [6.07, 6.45) is 1.33. The summed E-state index contributed by atoms with van der Waals surface area (Å²) < 4.78 is 0. The molecule has 6 nitrogen and oxygen atoms in total. The zero-order valence-corrected chi connectivity index (χ0v) is 30.5. The molecule has 4 aromatic carbocycles. The number of hydrogen-bond acceptors (Lipinski definition) is 6. The van der Waals surface area contributed by atoms with Gasteiger partial charge in [0.05, 0.1) is 0 Å². The van der Waals surface area contributed by atoms with Gasteiger partial charge in [-0.3, -0.25) is 0 Å². The zero-order valence-electron chi connectivity index (χ0n) is 30.5. The molecule has 0 aliphatic heterocycles. The van der Waals surface area contributed by atoms with Gasteiger partial charge in [0, 0.05) is 38.8 Å². The summed E-state index contributed by atoms with van der Waals surface area (Å²) in [6, 6.07) is 16.3. The van der Waals surface area contributed by atoms with Crippen molar-refractivity contribution in [2.75, 3.05) is 28.2 Å². The molecule has 0 aromatic heterocycles. The normalized spacial score (nSPS) is 13.8. The average molecular weight is 651 g/mol. The fourth-order valence-electron chi connectivity index (χ4n) is 6.86. The zero-order chi connectivity index (χ0) is 35.3. The Kier molecular flexibility index (Phi) is 9.66. The number of aromatic hydroxyl groups is 4. The van der Waals surface area contributed by atoms with Gasteiger partial charge in [0.2, 0.25) is 0 Å². The molecule has 5 rings (SSSR count). The first kappa shape index (κ1) is 35.3. The van der Waals surface area contributed by atoms with E-state index in [1.54, 1.807) is 0 Å². The van der Waals surface area contributed by atoms with Crippen molar-refractivity contribution in [3.05, 3.63) is 115 Å². The van der Waals surface area contributed by atoms with Gasteiger partial charge in [-0.05, 0) is 106 Å². The average Bonchev–Trinajstić information content (AvgIpc) is 2.95. The predicted octanol–water partition coefficient (Wildman–Crippen LogP) is 7.90. The van der Waals surface area contributed by atoms with Gasteiger partial charge in [-0.1, -0.05) is 90.1 Å². The van der Waals surface area contributed by atoms with Crippen LogP contribution in [0.5, 0.6) is 23.0 Å². The van der Waals surface area contributed by atoms with Crippen LogP contribution in [0.15, 0.2) is 48.5 Å². The van der Waals surface area contributed by atoms with Gasteiger partial charge in [0.1, 0.15) is 23.0 Å². The Hall–Kier alpha value is -4.00. The minimum atomic E-state index is -0.191. The fourth-order valence-corrected chi connectivity index (χ4v) is 6.86. The Balaban J connectivity index is 1.85. The Morgan fingerprint density at radius 2 is 0.625 bits per heavy atom. The van der Waals surface area contributed by atoms with Gasteiger partial charge in [0.15, 0.2) is 0 Å². The maximum Gasteiger partial charge on any atom is 0.122 e. The van der Waals surface area contributed by atoms with Crippen LogP contribution in [-0.4, -0.2) is 58.4 Å². The van der Waals surface area contributed by atoms with E-state index in [1.807, 2.05) is 52.5 Å². The van der Waals surface area contributed by atoms with E-state index < -0.39 is 0 Å². The minimum absolute atomic E-state index is 0.185. The molecule has 256 valence electrons. The molecule has 1 aliphatic carbocycles. The third-order valence-electron chi connectivity index (χ3n) is 9.44. The standard InChI is InChI=1S/C42H54N2O4/c1-41(2,3)35-19-31-15-27-11-25(23-43(7)8)13-29(37(27)45)17-33-21-36(42(4,5)6)22-34(40(33)48)18-30-14-26(24-44(9)10)12-28(38(30)46)16-32(20-35)39(31)47/h11-14,19-22,45-48H,15-18,23-24H2,1-10H3. The molecule has 0 heterocycles. The molecule has 4 aromatic rings. The molecule has 0 fully saturated rings. The number of phenolic OH excluding ortho intramolecular Hbond substituents is 4. The molecular weight excluding hydrogens is 596 g/mol. The van der Waals surface area contributed by atoms with E-state index in [0.717, 1.165) is 66.8 Å². The van der Waals surface area contributed by atoms with Crippen LogP contribution in [0.2, 0.25) is 0 Å². The molecule has 0 saturated carbocycles. The second kappa shape index (κ2) is 13.1. The van der Waals surface area contributed by atoms with E-state index in [2.05, 4.69) is 75.6 Å². The van der Waals surface area contributed by atoms with Crippen molar-refractivity contribution >= 4 is 0 Å². The quantitative estimate of drug-likeness (QED) is 0.158. The molecule has 48 heavy (non-hydrogen) atoms. The summed E-state index contributed by atoms with van der Waals surface area (Å²) >= 11 is 0. The fraction of sp³-hybridized carbons (Fsp3) is 0.429. The molecule has 8 bridgehead atoms. The monoisotopic (exact) mass is 650 g/mol. The number of nitrogens with zero attached hydrogens (tertiary/aromatic N) is 2. The lowest BCUT2D eigenvalue weighted by Gasteiger charge is -2.25. The van der Waals surface area contributed by atoms with Crippen molar-refractivity contribution in [1.82, 2.24) is 9.80 Å². The summed E-state index contributed by atoms with van der Waals surface area (Å²) in [4.78, 5) is 4.20. The van der Waals surface area contributed by atoms with E-state index in [4.69, 9.17) is 0 Å². The number of rotatable bonds is 4. The van der Waals surface area contributed by atoms with Gasteiger partial charge in [-0.15, -0.1) is 0 Å². The molecule has 0 saturated heterocycles. The van der Waals surface area contributed by atoms with Gasteiger partial charge in [-0.2, -0.15) is 0 Å². The summed E-state index contributed by atoms with van der Waals surface area (Å²) in [5.74, 6) is 0.742. The van der Waals surface area contributed by atoms with Gasteiger partial charge < -0.3 is 30.2 Å². The Morgan fingerprint density at radius 3 is 0.812 bits per heavy atom. The summed E-state index contributed by atoms with van der Waals surface area (Å²) in [5, 5.41) is 47.4. The van der Waals surface area contributed by atoms with Crippen molar-refractivity contribution in [1.29, 1.82) is 0 Å². The molecule has 0 radical (unpaired) electrons. The highest BCUT2D eigenvalue weighted by Crippen LogP contribution is 2.41. The van der Waals surface area contributed by atoms with Crippen LogP contribution in [0.25, 0.3) is 0 Å². The molecule has 0 amide bonds. The lowest BCUT2D eigenvalue weighted by atomic mass is 9.81. The number of benzene rings is 4. The van der Waals surface area contributed by atoms with Crippen molar-refractivity contribution in [3.8, 4) is 23.0 Å². The number of fused-ring (bicyclic) bond motifs is 8. The Morgan fingerprint density at radius 1 is 0.417 bits per heavy atom. The van der Waals surface area contributed by atoms with E-state index in [-0.39, 0.29) is 33.8 Å². The van der Waals surface area contributed by atoms with E-state index >= 15 is 0 Å². The predicted molar refractivity (Wildman–Crippen MR) is 196 cm³/mol. The van der Waals surface area contributed by atoms with Gasteiger partial charge in [0.25, 0.3) is 0 Å². The summed E-state index contributed by atoms with van der Waals surface area (Å²) in [5.41, 5.74) is 9.73. The molecule has 0 spiro atoms. The van der Waals surface area contributed by atoms with Crippen LogP contribution in [0.1, 0.15) is 108 Å². The molecule has 6 heteroatoms. The van der Waals surface area contributed by atoms with E-state index in [0.29, 0.717) is 38.8 Å². The second-order valence-electron chi connectivity index (χ2n) is 16.5. The highest BCUT2D eigenvalue weighted by atomic mass is 16.3. The van der Waals surface area contributed by atoms with Crippen LogP contribution in [-0.2, 0) is 49.6 Å². The van der Waals surface area contributed by atoms with Crippen LogP contribution in [0, 0.1) is 0 Å². The Bertz CT molecular complexity index is 1610. The third kappa shape index (κ3) is 7.66. The SMILES string of the molecule is CN(C)Cc1cc2c(O)c(c1)Cc1cc(C(C)(C)C)cc(c1O)Cc1cc(CN(C)C)cc(c1O)Cc1cc(C(C)(C)C)cc(c1O)C2. The molecule has 0 unspecified atom stereocenters. The first-order valence-corrected chi connectivity index (χ1v) is 17.0. The maximum atomic E-state index is 11.9. The summed E-state index contributed by atoms with van der Waals surface area (Å²) in [7, 11) is 8.09. The largest absolute Gasteiger partial charge is 0.507 e. The lowest BCUT2D eigenvalue weighted by molar-refractivity contribution is 0.401. The molecule has 0 atom stereocenters. The third-order valence-corrected chi connectivity index (χ3v) is 9.44. The van der Waals surface area contributed by atoms with Crippen LogP contribution in [0.3, 0.4) is 0 Å². The first-order chi connectivity index (χ1) is 22.3. The topological polar surface area (TPSA) is 87.4 Å². The van der Waals surface area contributed by atoms with Crippen molar-refractivity contribution < 1.29 is 20.4 Å². The van der Waals surface area contributed by atoms with Crippen molar-refractivity contribution in [3.63, 3.8) is 0 Å². The van der Waals surface area contributed by atoms with E-state index in [1.165, 1.54) is 0 Å². The van der Waals surface area contributed by atoms with Crippen LogP contribution >= 0.6 is 0 Å². The Labute approximate surface area is 287 Å². The lowest BCUT2D eigenvalue weighted by Crippen LogP contribution is -2.14. The van der Waals surface area contributed by atoms with Gasteiger partial charge >= 0.3 is 0 Å².